The van der Waals surface area contributed by atoms with Crippen LogP contribution in [0.2, 0.25) is 5.02 Å². The number of thiophene rings is 1. The highest BCUT2D eigenvalue weighted by Gasteiger charge is 2.24. The molecule has 9 heteroatoms. The monoisotopic (exact) mass is 447 g/mol. The lowest BCUT2D eigenvalue weighted by atomic mass is 10.2. The molecule has 0 bridgehead atoms. The summed E-state index contributed by atoms with van der Waals surface area (Å²) in [5, 5.41) is 3.72. The summed E-state index contributed by atoms with van der Waals surface area (Å²) in [4.78, 5) is 29.3. The number of amides is 2. The van der Waals surface area contributed by atoms with Crippen LogP contribution in [0, 0.1) is 5.82 Å². The second-order valence-electron chi connectivity index (χ2n) is 6.86. The van der Waals surface area contributed by atoms with Crippen LogP contribution in [0.15, 0.2) is 53.1 Å². The van der Waals surface area contributed by atoms with Gasteiger partial charge in [0.15, 0.2) is 5.76 Å². The fraction of sp³-hybridized carbons (Fsp3) is 0.238. The van der Waals surface area contributed by atoms with E-state index >= 15 is 0 Å². The molecule has 156 valence electrons. The Labute approximate surface area is 181 Å². The standard InChI is InChI=1S/C21H19ClFN3O3S/c22-15-3-1-4-16(23)14(15)13-25-8-10-26(11-9-25)21(28)18-6-7-19(30-18)24-20(27)17-5-2-12-29-17/h1-7,12H,8-11,13H2,(H,24,27). The zero-order valence-electron chi connectivity index (χ0n) is 15.9. The van der Waals surface area contributed by atoms with Crippen LogP contribution in [0.5, 0.6) is 0 Å². The Morgan fingerprint density at radius 2 is 1.90 bits per heavy atom. The Hall–Kier alpha value is -2.68. The molecule has 1 aliphatic rings. The second kappa shape index (κ2) is 8.99. The van der Waals surface area contributed by atoms with Crippen LogP contribution >= 0.6 is 22.9 Å². The molecule has 1 N–H and O–H groups in total. The molecule has 1 aromatic carbocycles. The van der Waals surface area contributed by atoms with Crippen LogP contribution in [0.25, 0.3) is 0 Å². The Balaban J connectivity index is 1.32. The first-order valence-corrected chi connectivity index (χ1v) is 10.6. The van der Waals surface area contributed by atoms with Gasteiger partial charge in [-0.15, -0.1) is 11.3 Å². The van der Waals surface area contributed by atoms with Crippen LogP contribution in [0.4, 0.5) is 9.39 Å². The molecule has 0 radical (unpaired) electrons. The Morgan fingerprint density at radius 3 is 2.60 bits per heavy atom. The minimum absolute atomic E-state index is 0.0814. The minimum atomic E-state index is -0.360. The van der Waals surface area contributed by atoms with Gasteiger partial charge >= 0.3 is 0 Å². The number of nitrogens with one attached hydrogen (secondary N) is 1. The van der Waals surface area contributed by atoms with Gasteiger partial charge in [0.1, 0.15) is 5.82 Å². The molecule has 0 saturated carbocycles. The predicted molar refractivity (Wildman–Crippen MR) is 114 cm³/mol. The quantitative estimate of drug-likeness (QED) is 0.631. The fourth-order valence-electron chi connectivity index (χ4n) is 3.27. The van der Waals surface area contributed by atoms with Gasteiger partial charge in [0, 0.05) is 43.3 Å². The number of benzene rings is 1. The number of carbonyl (C=O) groups excluding carboxylic acids is 2. The minimum Gasteiger partial charge on any atom is -0.459 e. The molecule has 1 aliphatic heterocycles. The molecule has 3 heterocycles. The van der Waals surface area contributed by atoms with Gasteiger partial charge < -0.3 is 14.6 Å². The van der Waals surface area contributed by atoms with Crippen molar-refractivity contribution in [1.29, 1.82) is 0 Å². The van der Waals surface area contributed by atoms with E-state index in [0.717, 1.165) is 0 Å². The summed E-state index contributed by atoms with van der Waals surface area (Å²) in [5.41, 5.74) is 0.481. The zero-order valence-corrected chi connectivity index (χ0v) is 17.5. The molecule has 6 nitrogen and oxygen atoms in total. The van der Waals surface area contributed by atoms with Gasteiger partial charge in [-0.1, -0.05) is 17.7 Å². The number of carbonyl (C=O) groups is 2. The van der Waals surface area contributed by atoms with Crippen molar-refractivity contribution in [1.82, 2.24) is 9.80 Å². The van der Waals surface area contributed by atoms with Crippen LogP contribution in [0.3, 0.4) is 0 Å². The van der Waals surface area contributed by atoms with Gasteiger partial charge in [-0.25, -0.2) is 4.39 Å². The average Bonchev–Trinajstić information content (AvgIpc) is 3.43. The third-order valence-corrected chi connectivity index (χ3v) is 6.24. The summed E-state index contributed by atoms with van der Waals surface area (Å²) in [5.74, 6) is -0.547. The largest absolute Gasteiger partial charge is 0.459 e. The van der Waals surface area contributed by atoms with Crippen molar-refractivity contribution in [2.24, 2.45) is 0 Å². The van der Waals surface area contributed by atoms with Gasteiger partial charge in [0.2, 0.25) is 0 Å². The molecular formula is C21H19ClFN3O3S. The summed E-state index contributed by atoms with van der Waals surface area (Å²) >= 11 is 7.34. The maximum Gasteiger partial charge on any atom is 0.291 e. The Morgan fingerprint density at radius 1 is 1.10 bits per heavy atom. The van der Waals surface area contributed by atoms with E-state index < -0.39 is 0 Å². The Bertz CT molecular complexity index is 1030. The van der Waals surface area contributed by atoms with Crippen molar-refractivity contribution in [2.75, 3.05) is 31.5 Å². The summed E-state index contributed by atoms with van der Waals surface area (Å²) in [7, 11) is 0. The molecule has 4 rings (SSSR count). The maximum atomic E-state index is 14.0. The lowest BCUT2D eigenvalue weighted by Gasteiger charge is -2.34. The highest BCUT2D eigenvalue weighted by molar-refractivity contribution is 7.18. The zero-order chi connectivity index (χ0) is 21.1. The van der Waals surface area contributed by atoms with Gasteiger partial charge in [-0.3, -0.25) is 14.5 Å². The fourth-order valence-corrected chi connectivity index (χ4v) is 4.37. The van der Waals surface area contributed by atoms with Crippen molar-refractivity contribution in [2.45, 2.75) is 6.54 Å². The van der Waals surface area contributed by atoms with Crippen LogP contribution in [-0.4, -0.2) is 47.8 Å². The molecule has 2 aromatic heterocycles. The molecule has 0 spiro atoms. The lowest BCUT2D eigenvalue weighted by Crippen LogP contribution is -2.48. The predicted octanol–water partition coefficient (Wildman–Crippen LogP) is 4.34. The second-order valence-corrected chi connectivity index (χ2v) is 8.35. The number of furan rings is 1. The lowest BCUT2D eigenvalue weighted by molar-refractivity contribution is 0.0631. The number of nitrogens with zero attached hydrogens (tertiary/aromatic N) is 2. The van der Waals surface area contributed by atoms with E-state index in [0.29, 0.717) is 53.2 Å². The first-order chi connectivity index (χ1) is 14.5. The van der Waals surface area contributed by atoms with E-state index in [1.807, 2.05) is 0 Å². The van der Waals surface area contributed by atoms with Gasteiger partial charge in [0.25, 0.3) is 11.8 Å². The van der Waals surface area contributed by atoms with E-state index in [2.05, 4.69) is 10.2 Å². The maximum absolute atomic E-state index is 14.0. The number of piperazine rings is 1. The first-order valence-electron chi connectivity index (χ1n) is 9.40. The number of anilines is 1. The molecule has 1 saturated heterocycles. The summed E-state index contributed by atoms with van der Waals surface area (Å²) in [6, 6.07) is 11.3. The van der Waals surface area contributed by atoms with E-state index in [9.17, 15) is 14.0 Å². The van der Waals surface area contributed by atoms with Gasteiger partial charge in [-0.2, -0.15) is 0 Å². The van der Waals surface area contributed by atoms with E-state index in [-0.39, 0.29) is 23.4 Å². The SMILES string of the molecule is O=C(Nc1ccc(C(=O)N2CCN(Cc3c(F)cccc3Cl)CC2)s1)c1ccco1. The molecule has 30 heavy (non-hydrogen) atoms. The van der Waals surface area contributed by atoms with Crippen molar-refractivity contribution in [3.05, 3.63) is 75.8 Å². The molecule has 1 fully saturated rings. The van der Waals surface area contributed by atoms with Crippen molar-refractivity contribution < 1.29 is 18.4 Å². The number of hydrogen-bond donors (Lipinski definition) is 1. The van der Waals surface area contributed by atoms with Crippen LogP contribution in [-0.2, 0) is 6.54 Å². The third kappa shape index (κ3) is 4.56. The van der Waals surface area contributed by atoms with E-state index in [1.165, 1.54) is 23.7 Å². The highest BCUT2D eigenvalue weighted by Crippen LogP contribution is 2.25. The molecule has 0 atom stereocenters. The van der Waals surface area contributed by atoms with Gasteiger partial charge in [0.05, 0.1) is 16.1 Å². The number of rotatable bonds is 5. The van der Waals surface area contributed by atoms with Crippen molar-refractivity contribution >= 4 is 39.8 Å². The van der Waals surface area contributed by atoms with Crippen molar-refractivity contribution in [3.8, 4) is 0 Å². The molecule has 3 aromatic rings. The normalized spacial score (nSPS) is 14.7. The topological polar surface area (TPSA) is 65.8 Å². The number of hydrogen-bond acceptors (Lipinski definition) is 5. The number of halogens is 2. The molecule has 2 amide bonds. The molecular weight excluding hydrogens is 429 g/mol. The highest BCUT2D eigenvalue weighted by atomic mass is 35.5. The molecule has 0 aliphatic carbocycles. The first kappa shape index (κ1) is 20.6. The summed E-state index contributed by atoms with van der Waals surface area (Å²) in [6.45, 7) is 2.75. The van der Waals surface area contributed by atoms with Crippen LogP contribution < -0.4 is 5.32 Å². The summed E-state index contributed by atoms with van der Waals surface area (Å²) in [6.07, 6.45) is 1.43. The third-order valence-electron chi connectivity index (χ3n) is 4.90. The smallest absolute Gasteiger partial charge is 0.291 e. The van der Waals surface area contributed by atoms with Gasteiger partial charge in [-0.05, 0) is 36.4 Å². The summed E-state index contributed by atoms with van der Waals surface area (Å²) < 4.78 is 19.1. The molecule has 0 unspecified atom stereocenters. The van der Waals surface area contributed by atoms with Crippen LogP contribution in [0.1, 0.15) is 25.8 Å². The Kier molecular flexibility index (Phi) is 6.17. The van der Waals surface area contributed by atoms with Crippen molar-refractivity contribution in [3.63, 3.8) is 0 Å². The van der Waals surface area contributed by atoms with E-state index in [4.69, 9.17) is 16.0 Å². The average molecular weight is 448 g/mol. The van der Waals surface area contributed by atoms with E-state index in [1.54, 1.807) is 41.3 Å².